The van der Waals surface area contributed by atoms with Crippen LogP contribution in [-0.4, -0.2) is 31.4 Å². The summed E-state index contributed by atoms with van der Waals surface area (Å²) >= 11 is 3.55. The number of hydrogen-bond acceptors (Lipinski definition) is 3. The van der Waals surface area contributed by atoms with Crippen LogP contribution < -0.4 is 0 Å². The average molecular weight is 332 g/mol. The topological polar surface area (TPSA) is 40.5 Å². The summed E-state index contributed by atoms with van der Waals surface area (Å²) in [5.74, 6) is 0.0331. The molecule has 0 N–H and O–H groups in total. The maximum absolute atomic E-state index is 11.9. The van der Waals surface area contributed by atoms with Crippen molar-refractivity contribution in [2.45, 2.75) is 39.7 Å². The molecule has 0 aromatic carbocycles. The predicted molar refractivity (Wildman–Crippen MR) is 78.8 cm³/mol. The van der Waals surface area contributed by atoms with Gasteiger partial charge < -0.3 is 14.0 Å². The number of halogens is 1. The Morgan fingerprint density at radius 2 is 2.00 bits per heavy atom. The van der Waals surface area contributed by atoms with Crippen molar-refractivity contribution in [3.63, 3.8) is 0 Å². The highest BCUT2D eigenvalue weighted by Crippen LogP contribution is 2.33. The van der Waals surface area contributed by atoms with Gasteiger partial charge in [0.15, 0.2) is 0 Å². The number of hydrogen-bond donors (Lipinski definition) is 0. The zero-order chi connectivity index (χ0) is 14.6. The Balaban J connectivity index is 3.23. The highest BCUT2D eigenvalue weighted by atomic mass is 79.9. The summed E-state index contributed by atoms with van der Waals surface area (Å²) in [7, 11) is 3.10. The Morgan fingerprint density at radius 1 is 1.37 bits per heavy atom. The summed E-state index contributed by atoms with van der Waals surface area (Å²) < 4.78 is 13.0. The number of ether oxygens (including phenoxy) is 2. The van der Waals surface area contributed by atoms with Crippen LogP contribution >= 0.6 is 15.9 Å². The van der Waals surface area contributed by atoms with Gasteiger partial charge in [0.1, 0.15) is 0 Å². The van der Waals surface area contributed by atoms with Crippen LogP contribution in [0.4, 0.5) is 0 Å². The third-order valence-electron chi connectivity index (χ3n) is 3.17. The molecule has 0 bridgehead atoms. The predicted octanol–water partition coefficient (Wildman–Crippen LogP) is 3.51. The molecule has 5 heteroatoms. The molecule has 0 spiro atoms. The minimum absolute atomic E-state index is 0.295. The normalized spacial score (nSPS) is 11.1. The molecule has 0 amide bonds. The third kappa shape index (κ3) is 3.39. The van der Waals surface area contributed by atoms with Gasteiger partial charge in [0.05, 0.1) is 17.1 Å². The quantitative estimate of drug-likeness (QED) is 0.591. The summed E-state index contributed by atoms with van der Waals surface area (Å²) in [6.07, 6.45) is 0.915. The molecule has 4 nitrogen and oxygen atoms in total. The highest BCUT2D eigenvalue weighted by Gasteiger charge is 2.25. The van der Waals surface area contributed by atoms with E-state index in [-0.39, 0.29) is 5.97 Å². The zero-order valence-corrected chi connectivity index (χ0v) is 13.8. The van der Waals surface area contributed by atoms with Crippen LogP contribution in [0, 0.1) is 6.92 Å². The lowest BCUT2D eigenvalue weighted by Gasteiger charge is -2.14. The van der Waals surface area contributed by atoms with Crippen LogP contribution in [0.5, 0.6) is 0 Å². The summed E-state index contributed by atoms with van der Waals surface area (Å²) in [6.45, 7) is 7.74. The first kappa shape index (κ1) is 16.2. The van der Waals surface area contributed by atoms with Crippen molar-refractivity contribution in [3.05, 3.63) is 21.4 Å². The van der Waals surface area contributed by atoms with Crippen LogP contribution in [0.1, 0.15) is 47.9 Å². The molecular weight excluding hydrogens is 310 g/mol. The van der Waals surface area contributed by atoms with Gasteiger partial charge in [0.25, 0.3) is 0 Å². The van der Waals surface area contributed by atoms with Crippen molar-refractivity contribution in [1.82, 2.24) is 4.57 Å². The first-order valence-corrected chi connectivity index (χ1v) is 7.20. The number of rotatable bonds is 6. The Kier molecular flexibility index (Phi) is 6.07. The minimum Gasteiger partial charge on any atom is -0.465 e. The molecule has 0 aliphatic rings. The maximum Gasteiger partial charge on any atom is 0.340 e. The van der Waals surface area contributed by atoms with E-state index in [1.807, 2.05) is 6.92 Å². The van der Waals surface area contributed by atoms with Crippen molar-refractivity contribution in [1.29, 1.82) is 0 Å². The number of esters is 1. The van der Waals surface area contributed by atoms with Crippen LogP contribution in [0.25, 0.3) is 0 Å². The Bertz CT molecular complexity index is 452. The number of nitrogens with zero attached hydrogens (tertiary/aromatic N) is 1. The monoisotopic (exact) mass is 331 g/mol. The van der Waals surface area contributed by atoms with Crippen molar-refractivity contribution < 1.29 is 14.3 Å². The maximum atomic E-state index is 11.9. The SMILES string of the molecule is COCCCn1c(C)c(C(=O)OC)c(Br)c1C(C)C. The molecule has 0 unspecified atom stereocenters. The Labute approximate surface area is 123 Å². The largest absolute Gasteiger partial charge is 0.465 e. The fourth-order valence-corrected chi connectivity index (χ4v) is 3.40. The lowest BCUT2D eigenvalue weighted by atomic mass is 10.1. The number of carbonyl (C=O) groups is 1. The molecule has 0 aliphatic heterocycles. The first-order valence-electron chi connectivity index (χ1n) is 6.41. The van der Waals surface area contributed by atoms with Gasteiger partial charge in [-0.1, -0.05) is 13.8 Å². The average Bonchev–Trinajstić information content (AvgIpc) is 2.60. The summed E-state index contributed by atoms with van der Waals surface area (Å²) in [5, 5.41) is 0. The number of aromatic nitrogens is 1. The van der Waals surface area contributed by atoms with Gasteiger partial charge in [-0.3, -0.25) is 0 Å². The smallest absolute Gasteiger partial charge is 0.340 e. The van der Waals surface area contributed by atoms with Crippen molar-refractivity contribution >= 4 is 21.9 Å². The molecule has 19 heavy (non-hydrogen) atoms. The van der Waals surface area contributed by atoms with E-state index in [0.717, 1.165) is 28.8 Å². The Hall–Kier alpha value is -0.810. The highest BCUT2D eigenvalue weighted by molar-refractivity contribution is 9.10. The number of methoxy groups -OCH3 is 2. The first-order chi connectivity index (χ1) is 8.95. The molecule has 0 saturated carbocycles. The van der Waals surface area contributed by atoms with E-state index in [9.17, 15) is 4.79 Å². The molecule has 1 rings (SSSR count). The van der Waals surface area contributed by atoms with E-state index in [2.05, 4.69) is 34.3 Å². The number of carbonyl (C=O) groups excluding carboxylic acids is 1. The zero-order valence-electron chi connectivity index (χ0n) is 12.2. The van der Waals surface area contributed by atoms with E-state index in [4.69, 9.17) is 9.47 Å². The molecule has 0 atom stereocenters. The van der Waals surface area contributed by atoms with Gasteiger partial charge in [0, 0.05) is 31.6 Å². The van der Waals surface area contributed by atoms with E-state index < -0.39 is 0 Å². The Morgan fingerprint density at radius 3 is 2.47 bits per heavy atom. The van der Waals surface area contributed by atoms with Gasteiger partial charge in [-0.25, -0.2) is 4.79 Å². The van der Waals surface area contributed by atoms with Crippen LogP contribution in [-0.2, 0) is 16.0 Å². The van der Waals surface area contributed by atoms with Crippen molar-refractivity contribution in [2.75, 3.05) is 20.8 Å². The lowest BCUT2D eigenvalue weighted by molar-refractivity contribution is 0.0599. The molecular formula is C14H22BrNO3. The summed E-state index contributed by atoms with van der Waals surface area (Å²) in [5.41, 5.74) is 2.70. The second-order valence-corrected chi connectivity index (χ2v) is 5.60. The molecule has 1 aromatic rings. The van der Waals surface area contributed by atoms with Crippen LogP contribution in [0.15, 0.2) is 4.47 Å². The summed E-state index contributed by atoms with van der Waals surface area (Å²) in [4.78, 5) is 11.9. The molecule has 0 saturated heterocycles. The van der Waals surface area contributed by atoms with Gasteiger partial charge in [-0.15, -0.1) is 0 Å². The minimum atomic E-state index is -0.295. The van der Waals surface area contributed by atoms with E-state index in [1.54, 1.807) is 7.11 Å². The molecule has 0 radical (unpaired) electrons. The van der Waals surface area contributed by atoms with E-state index in [1.165, 1.54) is 7.11 Å². The summed E-state index contributed by atoms with van der Waals surface area (Å²) in [6, 6.07) is 0. The van der Waals surface area contributed by atoms with Gasteiger partial charge >= 0.3 is 5.97 Å². The fraction of sp³-hybridized carbons (Fsp3) is 0.643. The van der Waals surface area contributed by atoms with Crippen LogP contribution in [0.3, 0.4) is 0 Å². The molecule has 108 valence electrons. The fourth-order valence-electron chi connectivity index (χ4n) is 2.28. The van der Waals surface area contributed by atoms with Crippen LogP contribution in [0.2, 0.25) is 0 Å². The molecule has 0 fully saturated rings. The van der Waals surface area contributed by atoms with Gasteiger partial charge in [-0.05, 0) is 35.2 Å². The second kappa shape index (κ2) is 7.10. The van der Waals surface area contributed by atoms with Gasteiger partial charge in [-0.2, -0.15) is 0 Å². The molecule has 0 aliphatic carbocycles. The van der Waals surface area contributed by atoms with Gasteiger partial charge in [0.2, 0.25) is 0 Å². The second-order valence-electron chi connectivity index (χ2n) is 4.80. The third-order valence-corrected chi connectivity index (χ3v) is 3.97. The molecule has 1 aromatic heterocycles. The van der Waals surface area contributed by atoms with E-state index in [0.29, 0.717) is 18.1 Å². The van der Waals surface area contributed by atoms with Crippen molar-refractivity contribution in [2.24, 2.45) is 0 Å². The molecule has 1 heterocycles. The van der Waals surface area contributed by atoms with E-state index >= 15 is 0 Å². The standard InChI is InChI=1S/C14H22BrNO3/c1-9(2)13-12(15)11(14(17)19-5)10(3)16(13)7-6-8-18-4/h9H,6-8H2,1-5H3. The lowest BCUT2D eigenvalue weighted by Crippen LogP contribution is -2.09. The van der Waals surface area contributed by atoms with Crippen molar-refractivity contribution in [3.8, 4) is 0 Å².